The summed E-state index contributed by atoms with van der Waals surface area (Å²) < 4.78 is 0. The summed E-state index contributed by atoms with van der Waals surface area (Å²) in [6.45, 7) is 0. The summed E-state index contributed by atoms with van der Waals surface area (Å²) in [7, 11) is 0. The molecule has 0 saturated heterocycles. The number of carbonyl (C=O) groups excluding carboxylic acids is 2. The van der Waals surface area contributed by atoms with Gasteiger partial charge in [-0.15, -0.1) is 0 Å². The van der Waals surface area contributed by atoms with Crippen molar-refractivity contribution >= 4 is 35.0 Å². The van der Waals surface area contributed by atoms with E-state index in [1.807, 2.05) is 0 Å². The topological polar surface area (TPSA) is 100 Å². The molecule has 1 aromatic rings. The fraction of sp³-hybridized carbons (Fsp3) is 0. The average molecular weight is 204 g/mol. The van der Waals surface area contributed by atoms with Crippen LogP contribution in [0.1, 0.15) is 20.7 Å². The Balaban J connectivity index is 0.00000169. The monoisotopic (exact) mass is 204 g/mol. The first kappa shape index (κ1) is 12.7. The number of benzene rings is 1. The van der Waals surface area contributed by atoms with E-state index in [4.69, 9.17) is 5.11 Å². The van der Waals surface area contributed by atoms with E-state index in [-0.39, 0.29) is 23.1 Å². The number of carboxylic acid groups (broad SMARTS) is 2. The molecule has 68 valence electrons. The Morgan fingerprint density at radius 3 is 2.07 bits per heavy atom. The molecule has 6 heteroatoms. The minimum Gasteiger partial charge on any atom is -0.545 e. The molecule has 0 aliphatic rings. The second-order valence-electron chi connectivity index (χ2n) is 2.27. The van der Waals surface area contributed by atoms with Gasteiger partial charge < -0.3 is 24.9 Å². The molecule has 1 rings (SSSR count). The zero-order valence-corrected chi connectivity index (χ0v) is 8.43. The zero-order chi connectivity index (χ0) is 10.0. The summed E-state index contributed by atoms with van der Waals surface area (Å²) in [5.74, 6) is -4.07. The van der Waals surface area contributed by atoms with Crippen LogP contribution in [0.3, 0.4) is 0 Å². The van der Waals surface area contributed by atoms with Crippen molar-refractivity contribution in [3.63, 3.8) is 0 Å². The van der Waals surface area contributed by atoms with Gasteiger partial charge >= 0.3 is 23.1 Å². The van der Waals surface area contributed by atoms with Crippen LogP contribution in [0, 0.1) is 0 Å². The molecule has 5 nitrogen and oxygen atoms in total. The molecular formula is C8H4MgO5. The molecule has 0 radical (unpaired) electrons. The molecule has 1 aromatic carbocycles. The summed E-state index contributed by atoms with van der Waals surface area (Å²) in [5, 5.41) is 29.7. The minimum atomic E-state index is -1.75. The summed E-state index contributed by atoms with van der Waals surface area (Å²) in [4.78, 5) is 20.7. The Morgan fingerprint density at radius 1 is 1.14 bits per heavy atom. The Morgan fingerprint density at radius 2 is 1.71 bits per heavy atom. The number of carbonyl (C=O) groups is 2. The molecule has 0 aromatic heterocycles. The number of aromatic hydroxyl groups is 1. The molecule has 0 unspecified atom stereocenters. The van der Waals surface area contributed by atoms with Crippen molar-refractivity contribution in [2.24, 2.45) is 0 Å². The van der Waals surface area contributed by atoms with E-state index >= 15 is 0 Å². The molecule has 14 heavy (non-hydrogen) atoms. The van der Waals surface area contributed by atoms with Gasteiger partial charge in [-0.3, -0.25) is 0 Å². The van der Waals surface area contributed by atoms with E-state index in [1.54, 1.807) is 0 Å². The van der Waals surface area contributed by atoms with Gasteiger partial charge in [-0.25, -0.2) is 0 Å². The molecule has 0 atom stereocenters. The predicted octanol–water partition coefficient (Wildman–Crippen LogP) is -2.26. The Labute approximate surface area is 95.1 Å². The first-order valence-corrected chi connectivity index (χ1v) is 3.28. The van der Waals surface area contributed by atoms with Crippen molar-refractivity contribution < 1.29 is 24.9 Å². The third-order valence-corrected chi connectivity index (χ3v) is 1.47. The van der Waals surface area contributed by atoms with E-state index in [0.29, 0.717) is 0 Å². The van der Waals surface area contributed by atoms with Crippen molar-refractivity contribution in [1.82, 2.24) is 0 Å². The summed E-state index contributed by atoms with van der Waals surface area (Å²) in [6.07, 6.45) is 0. The number of hydrogen-bond acceptors (Lipinski definition) is 5. The van der Waals surface area contributed by atoms with Crippen LogP contribution < -0.4 is 10.2 Å². The van der Waals surface area contributed by atoms with Crippen LogP contribution in [0.2, 0.25) is 0 Å². The van der Waals surface area contributed by atoms with Crippen molar-refractivity contribution in [1.29, 1.82) is 0 Å². The molecule has 0 bridgehead atoms. The van der Waals surface area contributed by atoms with Gasteiger partial charge in [0, 0.05) is 11.1 Å². The van der Waals surface area contributed by atoms with Crippen LogP contribution in [-0.2, 0) is 0 Å². The molecule has 1 N–H and O–H groups in total. The molecule has 0 fully saturated rings. The summed E-state index contributed by atoms with van der Waals surface area (Å²) in [6, 6.07) is 3.27. The summed E-state index contributed by atoms with van der Waals surface area (Å²) >= 11 is 0. The molecule has 0 aliphatic carbocycles. The van der Waals surface area contributed by atoms with Crippen LogP contribution in [0.5, 0.6) is 5.75 Å². The maximum absolute atomic E-state index is 10.4. The number of aromatic carboxylic acids is 2. The largest absolute Gasteiger partial charge is 2.00 e. The van der Waals surface area contributed by atoms with Gasteiger partial charge in [0.05, 0.1) is 11.9 Å². The van der Waals surface area contributed by atoms with E-state index in [9.17, 15) is 19.8 Å². The average Bonchev–Trinajstić information content (AvgIpc) is 2.02. The van der Waals surface area contributed by atoms with E-state index in [0.717, 1.165) is 12.1 Å². The van der Waals surface area contributed by atoms with Crippen LogP contribution in [0.4, 0.5) is 0 Å². The molecule has 0 spiro atoms. The van der Waals surface area contributed by atoms with Gasteiger partial charge in [0.25, 0.3) is 0 Å². The molecule has 0 amide bonds. The normalized spacial score (nSPS) is 8.86. The molecular weight excluding hydrogens is 200 g/mol. The Kier molecular flexibility index (Phi) is 4.38. The third-order valence-electron chi connectivity index (χ3n) is 1.47. The van der Waals surface area contributed by atoms with E-state index in [1.165, 1.54) is 6.07 Å². The smallest absolute Gasteiger partial charge is 0.545 e. The third kappa shape index (κ3) is 2.36. The van der Waals surface area contributed by atoms with Crippen molar-refractivity contribution in [3.8, 4) is 5.75 Å². The number of carboxylic acids is 2. The van der Waals surface area contributed by atoms with Crippen LogP contribution in [0.15, 0.2) is 18.2 Å². The van der Waals surface area contributed by atoms with Crippen molar-refractivity contribution in [2.75, 3.05) is 0 Å². The van der Waals surface area contributed by atoms with Gasteiger partial charge in [0.2, 0.25) is 0 Å². The van der Waals surface area contributed by atoms with Crippen LogP contribution in [0.25, 0.3) is 0 Å². The molecule has 0 heterocycles. The van der Waals surface area contributed by atoms with Gasteiger partial charge in [0.1, 0.15) is 5.75 Å². The minimum absolute atomic E-state index is 0. The Bertz CT molecular complexity index is 374. The van der Waals surface area contributed by atoms with Crippen LogP contribution >= 0.6 is 0 Å². The number of phenols is 1. The summed E-state index contributed by atoms with van der Waals surface area (Å²) in [5.41, 5.74) is -1.36. The second kappa shape index (κ2) is 4.82. The zero-order valence-electron chi connectivity index (χ0n) is 7.02. The van der Waals surface area contributed by atoms with E-state index in [2.05, 4.69) is 0 Å². The maximum atomic E-state index is 10.4. The fourth-order valence-corrected chi connectivity index (χ4v) is 0.925. The van der Waals surface area contributed by atoms with Gasteiger partial charge in [0.15, 0.2) is 0 Å². The second-order valence-corrected chi connectivity index (χ2v) is 2.27. The molecule has 0 saturated carbocycles. The van der Waals surface area contributed by atoms with Crippen molar-refractivity contribution in [2.45, 2.75) is 0 Å². The maximum Gasteiger partial charge on any atom is 2.00 e. The first-order valence-electron chi connectivity index (χ1n) is 3.28. The molecule has 0 aliphatic heterocycles. The fourth-order valence-electron chi connectivity index (χ4n) is 0.925. The standard InChI is InChI=1S/C8H6O5.Mg/c9-5-3-1-2-4(7(10)11)6(5)8(12)13;/h1-3,9H,(H,10,11)(H,12,13);/q;+2/p-2. The van der Waals surface area contributed by atoms with E-state index < -0.39 is 28.8 Å². The number of rotatable bonds is 2. The van der Waals surface area contributed by atoms with Gasteiger partial charge in [-0.1, -0.05) is 12.1 Å². The predicted molar refractivity (Wildman–Crippen MR) is 42.5 cm³/mol. The van der Waals surface area contributed by atoms with Crippen LogP contribution in [-0.4, -0.2) is 40.1 Å². The van der Waals surface area contributed by atoms with Crippen molar-refractivity contribution in [3.05, 3.63) is 29.3 Å². The quantitative estimate of drug-likeness (QED) is 0.548. The SMILES string of the molecule is O=C([O-])c1cccc(O)c1C(=O)[O-].[Mg+2]. The Hall–Kier alpha value is -1.27. The van der Waals surface area contributed by atoms with Gasteiger partial charge in [-0.2, -0.15) is 0 Å². The van der Waals surface area contributed by atoms with Gasteiger partial charge in [-0.05, 0) is 6.07 Å². The number of hydrogen-bond donors (Lipinski definition) is 1. The first-order chi connectivity index (χ1) is 6.04.